The van der Waals surface area contributed by atoms with Crippen LogP contribution in [0.2, 0.25) is 0 Å². The molecule has 6 aromatic rings. The molecule has 13 nitrogen and oxygen atoms in total. The van der Waals surface area contributed by atoms with Gasteiger partial charge in [0.1, 0.15) is 5.56 Å². The van der Waals surface area contributed by atoms with E-state index in [1.165, 1.54) is 55.4 Å². The number of benzene rings is 2. The summed E-state index contributed by atoms with van der Waals surface area (Å²) in [6, 6.07) is 17.3. The lowest BCUT2D eigenvalue weighted by molar-refractivity contribution is -0.142. The second kappa shape index (κ2) is 23.0. The summed E-state index contributed by atoms with van der Waals surface area (Å²) in [6.45, 7) is 0. The van der Waals surface area contributed by atoms with E-state index in [9.17, 15) is 50.6 Å². The monoisotopic (exact) mass is 964 g/mol. The second-order valence-corrected chi connectivity index (χ2v) is 17.4. The van der Waals surface area contributed by atoms with Crippen LogP contribution >= 0.6 is 0 Å². The summed E-state index contributed by atoms with van der Waals surface area (Å²) >= 11 is 0. The number of hydrogen-bond acceptors (Lipinski definition) is 9. The number of carboxylic acids is 1. The molecular formula is C50H54F6N6O7. The zero-order chi connectivity index (χ0) is 49.9. The first-order valence-electron chi connectivity index (χ1n) is 22.5. The van der Waals surface area contributed by atoms with Crippen LogP contribution in [0.3, 0.4) is 0 Å². The third-order valence-corrected chi connectivity index (χ3v) is 12.5. The molecule has 2 aliphatic rings. The molecule has 0 bridgehead atoms. The molecule has 8 rings (SSSR count). The smallest absolute Gasteiger partial charge is 0.416 e. The standard InChI is InChI=1S/C25H26F3N3O3.C16H11F3N2O2.C9H17NO2/c1-34-22(32)14-17-6-10-20(11-7-17)30-24(33)21-15-29-31-12-2-3-18(23(21)31)13-16-4-8-19(9-5-16)25(26,27)28;17-16(18,19)12-5-3-10(4-6-12)8-11-2-1-7-21-14(11)13(9-20-21)15(22)23;1-12-9(11)6-7-2-4-8(10)5-3-7/h2-5,8-9,12,15,17,20H,6-7,10-11,13-14H2,1H3,(H,30,33);1-7,9H,8H2,(H,22,23);7-8H,2-6,10H2,1H3. The third-order valence-electron chi connectivity index (χ3n) is 12.5. The first-order valence-corrected chi connectivity index (χ1v) is 22.5. The van der Waals surface area contributed by atoms with E-state index in [1.807, 2.05) is 6.07 Å². The number of ether oxygens (including phenoxy) is 2. The minimum Gasteiger partial charge on any atom is -0.478 e. The Kier molecular flexibility index (Phi) is 17.2. The number of nitrogens with one attached hydrogen (secondary N) is 1. The van der Waals surface area contributed by atoms with Crippen LogP contribution in [-0.2, 0) is 44.3 Å². The molecule has 0 saturated heterocycles. The lowest BCUT2D eigenvalue weighted by Crippen LogP contribution is -2.38. The van der Waals surface area contributed by atoms with Crippen molar-refractivity contribution in [3.8, 4) is 0 Å². The van der Waals surface area contributed by atoms with Crippen molar-refractivity contribution in [1.82, 2.24) is 24.5 Å². The molecule has 69 heavy (non-hydrogen) atoms. The molecule has 2 fully saturated rings. The first kappa shape index (κ1) is 51.6. The number of pyridine rings is 2. The molecule has 0 unspecified atom stereocenters. The SMILES string of the molecule is COC(=O)CC1CCC(N)CC1.COC(=O)CC1CCC(NC(=O)c2cnn3cccc(Cc4ccc(C(F)(F)F)cc4)c23)CC1.O=C(O)c1cnn2cccc(Cc3ccc(C(F)(F)F)cc3)c12. The number of halogens is 6. The average Bonchev–Trinajstić information content (AvgIpc) is 3.97. The molecule has 4 aromatic heterocycles. The zero-order valence-electron chi connectivity index (χ0n) is 38.1. The van der Waals surface area contributed by atoms with E-state index in [0.29, 0.717) is 70.9 Å². The molecule has 4 heterocycles. The number of aromatic nitrogens is 4. The van der Waals surface area contributed by atoms with Crippen molar-refractivity contribution in [2.24, 2.45) is 17.6 Å². The second-order valence-electron chi connectivity index (χ2n) is 17.4. The van der Waals surface area contributed by atoms with Crippen LogP contribution < -0.4 is 11.1 Å². The Morgan fingerprint density at radius 2 is 1.04 bits per heavy atom. The summed E-state index contributed by atoms with van der Waals surface area (Å²) in [7, 11) is 2.83. The highest BCUT2D eigenvalue weighted by Gasteiger charge is 2.31. The van der Waals surface area contributed by atoms with Crippen LogP contribution in [0.15, 0.2) is 97.6 Å². The van der Waals surface area contributed by atoms with Gasteiger partial charge in [-0.25, -0.2) is 13.8 Å². The van der Waals surface area contributed by atoms with Gasteiger partial charge in [0.25, 0.3) is 5.91 Å². The number of alkyl halides is 6. The summed E-state index contributed by atoms with van der Waals surface area (Å²) in [5, 5.41) is 20.6. The van der Waals surface area contributed by atoms with Gasteiger partial charge in [0.15, 0.2) is 0 Å². The Morgan fingerprint density at radius 1 is 0.638 bits per heavy atom. The van der Waals surface area contributed by atoms with Gasteiger partial charge < -0.3 is 25.6 Å². The number of hydrogen-bond donors (Lipinski definition) is 3. The number of amides is 1. The van der Waals surface area contributed by atoms with Crippen LogP contribution in [0, 0.1) is 11.8 Å². The number of carbonyl (C=O) groups is 4. The number of nitrogens with zero attached hydrogens (tertiary/aromatic N) is 4. The van der Waals surface area contributed by atoms with E-state index >= 15 is 0 Å². The Hall–Kier alpha value is -6.76. The molecule has 0 spiro atoms. The predicted octanol–water partition coefficient (Wildman–Crippen LogP) is 9.50. The summed E-state index contributed by atoms with van der Waals surface area (Å²) in [5.41, 5.74) is 8.75. The fourth-order valence-corrected chi connectivity index (χ4v) is 8.71. The third kappa shape index (κ3) is 14.2. The van der Waals surface area contributed by atoms with Crippen molar-refractivity contribution in [3.63, 3.8) is 0 Å². The molecule has 0 aliphatic heterocycles. The van der Waals surface area contributed by atoms with E-state index in [2.05, 4.69) is 20.3 Å². The Balaban J connectivity index is 0.000000191. The van der Waals surface area contributed by atoms with Gasteiger partial charge in [-0.2, -0.15) is 36.5 Å². The lowest BCUT2D eigenvalue weighted by atomic mass is 9.84. The highest BCUT2D eigenvalue weighted by molar-refractivity contribution is 6.01. The fourth-order valence-electron chi connectivity index (χ4n) is 8.71. The Morgan fingerprint density at radius 3 is 1.45 bits per heavy atom. The minimum atomic E-state index is -4.38. The number of nitrogens with two attached hydrogens (primary N) is 1. The summed E-state index contributed by atoms with van der Waals surface area (Å²) in [4.78, 5) is 46.7. The number of carbonyl (C=O) groups excluding carboxylic acids is 3. The maximum absolute atomic E-state index is 13.1. The maximum atomic E-state index is 13.1. The largest absolute Gasteiger partial charge is 0.478 e. The van der Waals surface area contributed by atoms with Gasteiger partial charge in [0, 0.05) is 37.3 Å². The molecule has 0 radical (unpaired) electrons. The first-order chi connectivity index (χ1) is 32.8. The lowest BCUT2D eigenvalue weighted by Gasteiger charge is -2.28. The Labute approximate surface area is 394 Å². The number of methoxy groups -OCH3 is 2. The molecule has 1 amide bonds. The zero-order valence-corrected chi connectivity index (χ0v) is 38.1. The van der Waals surface area contributed by atoms with Gasteiger partial charge in [0.2, 0.25) is 0 Å². The molecule has 19 heteroatoms. The van der Waals surface area contributed by atoms with Gasteiger partial charge in [-0.15, -0.1) is 0 Å². The van der Waals surface area contributed by atoms with Gasteiger partial charge in [0.05, 0.1) is 54.3 Å². The molecule has 2 aromatic carbocycles. The van der Waals surface area contributed by atoms with Crippen molar-refractivity contribution >= 4 is 34.8 Å². The van der Waals surface area contributed by atoms with Crippen molar-refractivity contribution < 1.29 is 60.1 Å². The number of aromatic carboxylic acids is 1. The van der Waals surface area contributed by atoms with E-state index in [1.54, 1.807) is 35.1 Å². The van der Waals surface area contributed by atoms with E-state index in [-0.39, 0.29) is 35.4 Å². The highest BCUT2D eigenvalue weighted by Crippen LogP contribution is 2.32. The van der Waals surface area contributed by atoms with Crippen LogP contribution in [0.4, 0.5) is 26.3 Å². The number of fused-ring (bicyclic) bond motifs is 2. The quantitative estimate of drug-likeness (QED) is 0.0837. The molecule has 0 atom stereocenters. The fraction of sp³-hybridized carbons (Fsp3) is 0.400. The molecule has 4 N–H and O–H groups in total. The van der Waals surface area contributed by atoms with Crippen molar-refractivity contribution in [2.75, 3.05) is 14.2 Å². The van der Waals surface area contributed by atoms with Gasteiger partial charge in [-0.3, -0.25) is 14.4 Å². The van der Waals surface area contributed by atoms with E-state index < -0.39 is 29.4 Å². The summed E-state index contributed by atoms with van der Waals surface area (Å²) < 4.78 is 88.7. The number of carboxylic acid groups (broad SMARTS) is 1. The number of rotatable bonds is 11. The van der Waals surface area contributed by atoms with Crippen molar-refractivity contribution in [1.29, 1.82) is 0 Å². The van der Waals surface area contributed by atoms with Crippen molar-refractivity contribution in [2.45, 2.75) is 101 Å². The molecule has 2 saturated carbocycles. The predicted molar refractivity (Wildman–Crippen MR) is 242 cm³/mol. The summed E-state index contributed by atoms with van der Waals surface area (Å²) in [5.74, 6) is -0.841. The Bertz CT molecular complexity index is 2680. The summed E-state index contributed by atoms with van der Waals surface area (Å²) in [6.07, 6.45) is 6.56. The normalized spacial score (nSPS) is 18.3. The van der Waals surface area contributed by atoms with Crippen LogP contribution in [0.1, 0.15) is 118 Å². The average molecular weight is 965 g/mol. The van der Waals surface area contributed by atoms with E-state index in [0.717, 1.165) is 81.2 Å². The molecular weight excluding hydrogens is 911 g/mol. The minimum absolute atomic E-state index is 0.0124. The van der Waals surface area contributed by atoms with Crippen molar-refractivity contribution in [3.05, 3.63) is 142 Å². The van der Waals surface area contributed by atoms with E-state index in [4.69, 9.17) is 10.5 Å². The van der Waals surface area contributed by atoms with Gasteiger partial charge in [-0.1, -0.05) is 36.4 Å². The topological polar surface area (TPSA) is 180 Å². The maximum Gasteiger partial charge on any atom is 0.416 e. The number of esters is 2. The molecule has 368 valence electrons. The van der Waals surface area contributed by atoms with Crippen LogP contribution in [0.25, 0.3) is 11.0 Å². The van der Waals surface area contributed by atoms with Gasteiger partial charge >= 0.3 is 30.3 Å². The highest BCUT2D eigenvalue weighted by atomic mass is 19.4. The molecule has 2 aliphatic carbocycles. The van der Waals surface area contributed by atoms with Crippen LogP contribution in [0.5, 0.6) is 0 Å². The van der Waals surface area contributed by atoms with Gasteiger partial charge in [-0.05, 0) is 135 Å². The van der Waals surface area contributed by atoms with Crippen LogP contribution in [-0.4, -0.2) is 74.5 Å².